The van der Waals surface area contributed by atoms with Crippen LogP contribution in [0, 0.1) is 6.92 Å². The molecule has 0 saturated heterocycles. The van der Waals surface area contributed by atoms with Crippen molar-refractivity contribution in [1.82, 2.24) is 0 Å². The van der Waals surface area contributed by atoms with Gasteiger partial charge >= 0.3 is 0 Å². The number of fused-ring (bicyclic) bond motifs is 4. The lowest BCUT2D eigenvalue weighted by atomic mass is 9.77. The Hall–Kier alpha value is -3.47. The lowest BCUT2D eigenvalue weighted by Crippen LogP contribution is -2.39. The summed E-state index contributed by atoms with van der Waals surface area (Å²) < 4.78 is 5.92. The minimum Gasteiger partial charge on any atom is -0.507 e. The summed E-state index contributed by atoms with van der Waals surface area (Å²) in [6.07, 6.45) is 0.727. The Bertz CT molecular complexity index is 1120. The van der Waals surface area contributed by atoms with Crippen LogP contribution in [0.25, 0.3) is 0 Å². The minimum atomic E-state index is -0.703. The highest BCUT2D eigenvalue weighted by Gasteiger charge is 2.43. The lowest BCUT2D eigenvalue weighted by molar-refractivity contribution is 0.0973. The number of carbonyl (C=O) groups is 2. The highest BCUT2D eigenvalue weighted by molar-refractivity contribution is 6.40. The number of Topliss-reactive ketones (excluding diaryl/α,β-unsaturated/α-hetero) is 2. The van der Waals surface area contributed by atoms with Gasteiger partial charge in [0, 0.05) is 17.2 Å². The molecule has 5 rings (SSSR count). The summed E-state index contributed by atoms with van der Waals surface area (Å²) in [5, 5.41) is 10.4. The Labute approximate surface area is 149 Å². The number of nitrogens with zero attached hydrogens (tertiary/aromatic N) is 1. The minimum absolute atomic E-state index is 0.00315. The van der Waals surface area contributed by atoms with Gasteiger partial charge in [0.05, 0.1) is 16.9 Å². The van der Waals surface area contributed by atoms with Gasteiger partial charge in [-0.05, 0) is 24.6 Å². The van der Waals surface area contributed by atoms with Gasteiger partial charge in [-0.3, -0.25) is 9.59 Å². The molecule has 126 valence electrons. The molecule has 0 bridgehead atoms. The molecule has 2 aromatic carbocycles. The van der Waals surface area contributed by atoms with Crippen LogP contribution in [0.2, 0.25) is 0 Å². The van der Waals surface area contributed by atoms with E-state index in [4.69, 9.17) is 4.74 Å². The van der Waals surface area contributed by atoms with Crippen molar-refractivity contribution in [3.05, 3.63) is 82.1 Å². The van der Waals surface area contributed by atoms with Crippen molar-refractivity contribution in [2.24, 2.45) is 4.99 Å². The van der Waals surface area contributed by atoms with Gasteiger partial charge in [0.1, 0.15) is 17.2 Å². The van der Waals surface area contributed by atoms with Gasteiger partial charge < -0.3 is 9.84 Å². The molecule has 0 radical (unpaired) electrons. The number of rotatable bonds is 0. The number of benzene rings is 2. The molecule has 1 unspecified atom stereocenters. The van der Waals surface area contributed by atoms with Crippen LogP contribution in [0.15, 0.2) is 70.4 Å². The maximum absolute atomic E-state index is 13.1. The highest BCUT2D eigenvalue weighted by Crippen LogP contribution is 2.40. The Balaban J connectivity index is 1.77. The first-order chi connectivity index (χ1) is 12.5. The molecule has 1 atom stereocenters. The first-order valence-electron chi connectivity index (χ1n) is 8.24. The van der Waals surface area contributed by atoms with Crippen LogP contribution >= 0.6 is 0 Å². The molecule has 1 heterocycles. The monoisotopic (exact) mass is 343 g/mol. The third-order valence-corrected chi connectivity index (χ3v) is 4.82. The van der Waals surface area contributed by atoms with E-state index < -0.39 is 6.10 Å². The first kappa shape index (κ1) is 14.8. The van der Waals surface area contributed by atoms with Gasteiger partial charge in [-0.15, -0.1) is 0 Å². The standard InChI is InChI=1S/C21H13NO4/c1-10-6-7-15-13(8-10)22-19-16(26-15)9-14(23)17-18(19)21(25)12-5-3-2-4-11(12)20(17)24/h2-9,16,23H,1H3. The fourth-order valence-corrected chi connectivity index (χ4v) is 3.60. The van der Waals surface area contributed by atoms with Crippen molar-refractivity contribution < 1.29 is 19.4 Å². The summed E-state index contributed by atoms with van der Waals surface area (Å²) in [6.45, 7) is 1.94. The third-order valence-electron chi connectivity index (χ3n) is 4.82. The van der Waals surface area contributed by atoms with Crippen LogP contribution in [-0.4, -0.2) is 28.5 Å². The van der Waals surface area contributed by atoms with Crippen molar-refractivity contribution in [2.45, 2.75) is 13.0 Å². The van der Waals surface area contributed by atoms with E-state index in [1.54, 1.807) is 24.3 Å². The van der Waals surface area contributed by atoms with Crippen LogP contribution in [0.1, 0.15) is 26.3 Å². The van der Waals surface area contributed by atoms with Crippen molar-refractivity contribution in [1.29, 1.82) is 0 Å². The number of aryl methyl sites for hydroxylation is 1. The highest BCUT2D eigenvalue weighted by atomic mass is 16.5. The van der Waals surface area contributed by atoms with Gasteiger partial charge in [0.2, 0.25) is 0 Å². The Morgan fingerprint density at radius 1 is 1.00 bits per heavy atom. The van der Waals surface area contributed by atoms with Crippen molar-refractivity contribution in [2.75, 3.05) is 0 Å². The maximum Gasteiger partial charge on any atom is 0.198 e. The molecule has 0 aromatic heterocycles. The summed E-state index contributed by atoms with van der Waals surface area (Å²) >= 11 is 0. The topological polar surface area (TPSA) is 76.0 Å². The number of carbonyl (C=O) groups excluding carboxylic acids is 2. The van der Waals surface area contributed by atoms with Crippen molar-refractivity contribution in [3.8, 4) is 5.75 Å². The second kappa shape index (κ2) is 5.02. The lowest BCUT2D eigenvalue weighted by Gasteiger charge is -2.31. The molecule has 3 aliphatic rings. The second-order valence-corrected chi connectivity index (χ2v) is 6.51. The molecule has 0 fully saturated rings. The van der Waals surface area contributed by atoms with Crippen LogP contribution in [0.4, 0.5) is 5.69 Å². The predicted octanol–water partition coefficient (Wildman–Crippen LogP) is 3.66. The molecular formula is C21H13NO4. The van der Waals surface area contributed by atoms with Crippen molar-refractivity contribution >= 4 is 23.0 Å². The van der Waals surface area contributed by atoms with E-state index >= 15 is 0 Å². The SMILES string of the molecule is Cc1ccc2c(c1)N=C1C3=C(C(=O)c4ccccc4C3=O)C(O)=CC1O2. The fraction of sp³-hybridized carbons (Fsp3) is 0.0952. The Morgan fingerprint density at radius 3 is 2.42 bits per heavy atom. The molecule has 0 spiro atoms. The summed E-state index contributed by atoms with van der Waals surface area (Å²) in [5.74, 6) is -0.363. The summed E-state index contributed by atoms with van der Waals surface area (Å²) in [5.41, 5.74) is 2.73. The number of aliphatic hydroxyl groups excluding tert-OH is 1. The first-order valence-corrected chi connectivity index (χ1v) is 8.24. The van der Waals surface area contributed by atoms with Gasteiger partial charge in [-0.25, -0.2) is 4.99 Å². The van der Waals surface area contributed by atoms with E-state index in [2.05, 4.69) is 4.99 Å². The van der Waals surface area contributed by atoms with Gasteiger partial charge in [-0.1, -0.05) is 30.3 Å². The molecule has 1 N–H and O–H groups in total. The van der Waals surface area contributed by atoms with E-state index in [0.29, 0.717) is 28.3 Å². The van der Waals surface area contributed by atoms with E-state index in [1.807, 2.05) is 25.1 Å². The molecule has 5 heteroatoms. The quantitative estimate of drug-likeness (QED) is 0.792. The smallest absolute Gasteiger partial charge is 0.198 e. The second-order valence-electron chi connectivity index (χ2n) is 6.51. The van der Waals surface area contributed by atoms with Crippen LogP contribution in [0.5, 0.6) is 5.75 Å². The fourth-order valence-electron chi connectivity index (χ4n) is 3.60. The number of ketones is 2. The zero-order valence-electron chi connectivity index (χ0n) is 13.8. The van der Waals surface area contributed by atoms with E-state index in [0.717, 1.165) is 5.56 Å². The largest absolute Gasteiger partial charge is 0.507 e. The molecule has 0 saturated carbocycles. The number of hydrogen-bond acceptors (Lipinski definition) is 5. The summed E-state index contributed by atoms with van der Waals surface area (Å²) in [6, 6.07) is 12.2. The number of ether oxygens (including phenoxy) is 1. The molecule has 1 aliphatic heterocycles. The summed E-state index contributed by atoms with van der Waals surface area (Å²) in [4.78, 5) is 30.6. The van der Waals surface area contributed by atoms with Crippen LogP contribution in [0.3, 0.4) is 0 Å². The Morgan fingerprint density at radius 2 is 1.69 bits per heavy atom. The molecule has 2 aromatic rings. The van der Waals surface area contributed by atoms with E-state index in [9.17, 15) is 14.7 Å². The predicted molar refractivity (Wildman–Crippen MR) is 95.5 cm³/mol. The third kappa shape index (κ3) is 1.88. The zero-order chi connectivity index (χ0) is 18.0. The summed E-state index contributed by atoms with van der Waals surface area (Å²) in [7, 11) is 0. The Kier molecular flexibility index (Phi) is 2.86. The normalized spacial score (nSPS) is 20.3. The molecular weight excluding hydrogens is 330 g/mol. The molecule has 0 amide bonds. The van der Waals surface area contributed by atoms with Gasteiger partial charge in [0.15, 0.2) is 17.7 Å². The van der Waals surface area contributed by atoms with Crippen molar-refractivity contribution in [3.63, 3.8) is 0 Å². The molecule has 5 nitrogen and oxygen atoms in total. The molecule has 2 aliphatic carbocycles. The average Bonchev–Trinajstić information content (AvgIpc) is 2.64. The maximum atomic E-state index is 13.1. The molecule has 26 heavy (non-hydrogen) atoms. The number of aliphatic hydroxyl groups is 1. The zero-order valence-corrected chi connectivity index (χ0v) is 13.8. The van der Waals surface area contributed by atoms with Gasteiger partial charge in [0.25, 0.3) is 0 Å². The number of hydrogen-bond donors (Lipinski definition) is 1. The van der Waals surface area contributed by atoms with E-state index in [-0.39, 0.29) is 28.5 Å². The number of aliphatic imine (C=N–C) groups is 1. The van der Waals surface area contributed by atoms with Crippen LogP contribution in [-0.2, 0) is 0 Å². The average molecular weight is 343 g/mol. The van der Waals surface area contributed by atoms with Gasteiger partial charge in [-0.2, -0.15) is 0 Å². The van der Waals surface area contributed by atoms with E-state index in [1.165, 1.54) is 6.08 Å². The van der Waals surface area contributed by atoms with Crippen LogP contribution < -0.4 is 4.74 Å². The number of allylic oxidation sites excluding steroid dienone is 1.